The minimum absolute atomic E-state index is 0.245. The lowest BCUT2D eigenvalue weighted by Crippen LogP contribution is -2.21. The number of carbonyl (C=O) groups is 1. The lowest BCUT2D eigenvalue weighted by molar-refractivity contribution is -0.113. The molecule has 0 unspecified atom stereocenters. The Morgan fingerprint density at radius 2 is 2.25 bits per heavy atom. The van der Waals surface area contributed by atoms with E-state index in [1.807, 2.05) is 0 Å². The van der Waals surface area contributed by atoms with Gasteiger partial charge in [0.25, 0.3) is 5.91 Å². The highest BCUT2D eigenvalue weighted by molar-refractivity contribution is 7.85. The van der Waals surface area contributed by atoms with Gasteiger partial charge in [0.15, 0.2) is 5.13 Å². The summed E-state index contributed by atoms with van der Waals surface area (Å²) in [6, 6.07) is 0. The fourth-order valence-electron chi connectivity index (χ4n) is 1.19. The second-order valence-corrected chi connectivity index (χ2v) is 4.63. The minimum atomic E-state index is -0.527. The van der Waals surface area contributed by atoms with E-state index in [1.165, 1.54) is 11.3 Å². The van der Waals surface area contributed by atoms with Crippen LogP contribution in [0.1, 0.15) is 18.7 Å². The molecule has 0 saturated carbocycles. The van der Waals surface area contributed by atoms with E-state index in [2.05, 4.69) is 36.4 Å². The van der Waals surface area contributed by atoms with Crippen molar-refractivity contribution in [2.75, 3.05) is 18.0 Å². The number of primary amides is 1. The van der Waals surface area contributed by atoms with Crippen LogP contribution in [0.25, 0.3) is 6.08 Å². The molecule has 1 heterocycles. The quantitative estimate of drug-likeness (QED) is 0.624. The summed E-state index contributed by atoms with van der Waals surface area (Å²) in [6.45, 7) is 5.98. The molecule has 0 fully saturated rings. The summed E-state index contributed by atoms with van der Waals surface area (Å²) in [5, 5.41) is 0.946. The number of nitrogens with two attached hydrogens (primary N) is 1. The molecule has 1 amide bonds. The third-order valence-corrected chi connectivity index (χ3v) is 3.43. The number of amides is 1. The molecular weight excluding hydrogens is 242 g/mol. The van der Waals surface area contributed by atoms with Crippen molar-refractivity contribution in [3.63, 3.8) is 0 Å². The first-order valence-corrected chi connectivity index (χ1v) is 6.26. The molecule has 0 aromatic carbocycles. The molecule has 0 aliphatic heterocycles. The number of hydrogen-bond donors (Lipinski definition) is 2. The normalized spacial score (nSPS) is 11.6. The van der Waals surface area contributed by atoms with Crippen molar-refractivity contribution < 1.29 is 4.79 Å². The maximum Gasteiger partial charge on any atom is 0.254 e. The van der Waals surface area contributed by atoms with Crippen molar-refractivity contribution in [1.82, 2.24) is 4.98 Å². The maximum atomic E-state index is 10.8. The summed E-state index contributed by atoms with van der Waals surface area (Å²) in [7, 11) is 0. The van der Waals surface area contributed by atoms with Gasteiger partial charge in [-0.15, -0.1) is 12.6 Å². The van der Waals surface area contributed by atoms with Gasteiger partial charge in [0.1, 0.15) is 0 Å². The minimum Gasteiger partial charge on any atom is -0.365 e. The largest absolute Gasteiger partial charge is 0.365 e. The zero-order chi connectivity index (χ0) is 12.1. The van der Waals surface area contributed by atoms with Gasteiger partial charge in [-0.2, -0.15) is 0 Å². The van der Waals surface area contributed by atoms with Gasteiger partial charge < -0.3 is 10.6 Å². The first-order chi connectivity index (χ1) is 7.58. The molecule has 0 aliphatic carbocycles. The predicted octanol–water partition coefficient (Wildman–Crippen LogP) is 1.75. The summed E-state index contributed by atoms with van der Waals surface area (Å²) >= 11 is 5.51. The number of thiol groups is 1. The van der Waals surface area contributed by atoms with Crippen molar-refractivity contribution in [2.45, 2.75) is 13.8 Å². The topological polar surface area (TPSA) is 59.2 Å². The van der Waals surface area contributed by atoms with Crippen molar-refractivity contribution in [3.8, 4) is 0 Å². The van der Waals surface area contributed by atoms with Crippen molar-refractivity contribution in [1.29, 1.82) is 0 Å². The van der Waals surface area contributed by atoms with Crippen molar-refractivity contribution in [2.24, 2.45) is 5.73 Å². The molecule has 6 heteroatoms. The molecule has 0 atom stereocenters. The Bertz CT molecular complexity index is 397. The first kappa shape index (κ1) is 13.1. The maximum absolute atomic E-state index is 10.8. The van der Waals surface area contributed by atoms with Gasteiger partial charge in [0.2, 0.25) is 0 Å². The highest BCUT2D eigenvalue weighted by atomic mass is 32.1. The number of rotatable bonds is 5. The van der Waals surface area contributed by atoms with E-state index in [-0.39, 0.29) is 4.91 Å². The van der Waals surface area contributed by atoms with Crippen LogP contribution in [-0.4, -0.2) is 24.0 Å². The molecule has 0 aliphatic rings. The van der Waals surface area contributed by atoms with Gasteiger partial charge >= 0.3 is 0 Å². The molecule has 88 valence electrons. The summed E-state index contributed by atoms with van der Waals surface area (Å²) in [5.74, 6) is -0.527. The Morgan fingerprint density at radius 1 is 1.62 bits per heavy atom. The molecule has 0 bridgehead atoms. The van der Waals surface area contributed by atoms with E-state index in [0.717, 1.165) is 23.1 Å². The number of carbonyl (C=O) groups excluding carboxylic acids is 1. The predicted molar refractivity (Wildman–Crippen MR) is 71.8 cm³/mol. The van der Waals surface area contributed by atoms with E-state index in [9.17, 15) is 4.79 Å². The van der Waals surface area contributed by atoms with Crippen LogP contribution in [0.4, 0.5) is 5.13 Å². The SMILES string of the molecule is CCN(CC)c1ncc(/C=C(\S)C(N)=O)s1. The van der Waals surface area contributed by atoms with E-state index in [0.29, 0.717) is 0 Å². The summed E-state index contributed by atoms with van der Waals surface area (Å²) in [5.41, 5.74) is 5.09. The lowest BCUT2D eigenvalue weighted by atomic mass is 10.4. The standard InChI is InChI=1S/C10H15N3OS2/c1-3-13(4-2)10-12-6-7(16-10)5-8(15)9(11)14/h5-6,15H,3-4H2,1-2H3,(H2,11,14)/b8-5-. The van der Waals surface area contributed by atoms with Crippen molar-refractivity contribution >= 4 is 41.1 Å². The van der Waals surface area contributed by atoms with Crippen LogP contribution in [-0.2, 0) is 4.79 Å². The van der Waals surface area contributed by atoms with Gasteiger partial charge in [-0.1, -0.05) is 11.3 Å². The molecule has 4 nitrogen and oxygen atoms in total. The highest BCUT2D eigenvalue weighted by Gasteiger charge is 2.07. The third-order valence-electron chi connectivity index (χ3n) is 2.08. The smallest absolute Gasteiger partial charge is 0.254 e. The van der Waals surface area contributed by atoms with Gasteiger partial charge in [-0.25, -0.2) is 4.98 Å². The van der Waals surface area contributed by atoms with Crippen LogP contribution in [0, 0.1) is 0 Å². The summed E-state index contributed by atoms with van der Waals surface area (Å²) in [6.07, 6.45) is 3.35. The zero-order valence-electron chi connectivity index (χ0n) is 9.30. The van der Waals surface area contributed by atoms with Crippen LogP contribution in [0.5, 0.6) is 0 Å². The van der Waals surface area contributed by atoms with Crippen LogP contribution >= 0.6 is 24.0 Å². The molecule has 1 rings (SSSR count). The van der Waals surface area contributed by atoms with Gasteiger partial charge in [-0.05, 0) is 19.9 Å². The highest BCUT2D eigenvalue weighted by Crippen LogP contribution is 2.24. The van der Waals surface area contributed by atoms with Crippen LogP contribution in [0.3, 0.4) is 0 Å². The average Bonchev–Trinajstić information content (AvgIpc) is 2.68. The number of aromatic nitrogens is 1. The number of hydrogen-bond acceptors (Lipinski definition) is 5. The number of thiazole rings is 1. The summed E-state index contributed by atoms with van der Waals surface area (Å²) < 4.78 is 0. The molecular formula is C10H15N3OS2. The monoisotopic (exact) mass is 257 g/mol. The van der Waals surface area contributed by atoms with Gasteiger partial charge in [0.05, 0.1) is 9.78 Å². The van der Waals surface area contributed by atoms with Crippen LogP contribution in [0.2, 0.25) is 0 Å². The van der Waals surface area contributed by atoms with E-state index < -0.39 is 5.91 Å². The lowest BCUT2D eigenvalue weighted by Gasteiger charge is -2.16. The third kappa shape index (κ3) is 3.24. The van der Waals surface area contributed by atoms with E-state index >= 15 is 0 Å². The van der Waals surface area contributed by atoms with E-state index in [4.69, 9.17) is 5.73 Å². The average molecular weight is 257 g/mol. The zero-order valence-corrected chi connectivity index (χ0v) is 11.0. The Balaban J connectivity index is 2.87. The Hall–Kier alpha value is -1.01. The number of nitrogens with zero attached hydrogens (tertiary/aromatic N) is 2. The molecule has 0 radical (unpaired) electrons. The molecule has 16 heavy (non-hydrogen) atoms. The van der Waals surface area contributed by atoms with E-state index in [1.54, 1.807) is 12.3 Å². The van der Waals surface area contributed by atoms with Gasteiger partial charge in [-0.3, -0.25) is 4.79 Å². The molecule has 0 spiro atoms. The Labute approximate surface area is 105 Å². The van der Waals surface area contributed by atoms with Crippen LogP contribution in [0.15, 0.2) is 11.1 Å². The fourth-order valence-corrected chi connectivity index (χ4v) is 2.40. The van der Waals surface area contributed by atoms with Crippen LogP contribution < -0.4 is 10.6 Å². The Morgan fingerprint density at radius 3 is 2.75 bits per heavy atom. The number of anilines is 1. The Kier molecular flexibility index (Phi) is 4.82. The molecule has 1 aromatic heterocycles. The second-order valence-electron chi connectivity index (χ2n) is 3.11. The molecule has 1 aromatic rings. The molecule has 0 saturated heterocycles. The fraction of sp³-hybridized carbons (Fsp3) is 0.400. The summed E-state index contributed by atoms with van der Waals surface area (Å²) in [4.78, 5) is 18.4. The second kappa shape index (κ2) is 5.91. The van der Waals surface area contributed by atoms with Crippen molar-refractivity contribution in [3.05, 3.63) is 16.0 Å². The molecule has 2 N–H and O–H groups in total. The van der Waals surface area contributed by atoms with Gasteiger partial charge in [0, 0.05) is 19.3 Å². The first-order valence-electron chi connectivity index (χ1n) is 4.99.